The molecule has 1 aromatic carbocycles. The fourth-order valence-corrected chi connectivity index (χ4v) is 2.13. The summed E-state index contributed by atoms with van der Waals surface area (Å²) in [4.78, 5) is 43.1. The molecule has 3 amide bonds. The van der Waals surface area contributed by atoms with Gasteiger partial charge in [-0.25, -0.2) is 0 Å². The molecule has 1 saturated heterocycles. The van der Waals surface area contributed by atoms with Crippen LogP contribution in [0.1, 0.15) is 24.8 Å². The second-order valence-corrected chi connectivity index (χ2v) is 5.99. The van der Waals surface area contributed by atoms with Crippen LogP contribution < -0.4 is 10.6 Å². The first kappa shape index (κ1) is 24.2. The van der Waals surface area contributed by atoms with Crippen LogP contribution in [0.5, 0.6) is 0 Å². The lowest BCUT2D eigenvalue weighted by Gasteiger charge is -2.06. The molecular weight excluding hydrogens is 388 g/mol. The summed E-state index contributed by atoms with van der Waals surface area (Å²) in [5.74, 6) is 3.07. The predicted octanol–water partition coefficient (Wildman–Crippen LogP) is 0.707. The van der Waals surface area contributed by atoms with Crippen LogP contribution in [0.2, 0.25) is 0 Å². The SMILES string of the molecule is C#CC=CC(=O)Nc1ccc(CCOC(=O)CCC#C)cc1.O=C1CC(O)C(=O)N1. The van der Waals surface area contributed by atoms with Gasteiger partial charge in [-0.15, -0.1) is 18.8 Å². The molecule has 1 heterocycles. The minimum absolute atomic E-state index is 0.0845. The molecule has 1 fully saturated rings. The van der Waals surface area contributed by atoms with Crippen molar-refractivity contribution in [1.29, 1.82) is 0 Å². The first-order valence-electron chi connectivity index (χ1n) is 8.99. The maximum atomic E-state index is 11.4. The van der Waals surface area contributed by atoms with Gasteiger partial charge in [0.25, 0.3) is 5.91 Å². The number of aliphatic hydroxyl groups is 1. The van der Waals surface area contributed by atoms with E-state index in [-0.39, 0.29) is 24.7 Å². The minimum atomic E-state index is -1.11. The third kappa shape index (κ3) is 9.88. The summed E-state index contributed by atoms with van der Waals surface area (Å²) in [5, 5.41) is 13.1. The third-order valence-corrected chi connectivity index (χ3v) is 3.62. The molecule has 8 nitrogen and oxygen atoms in total. The highest BCUT2D eigenvalue weighted by molar-refractivity contribution is 6.04. The summed E-state index contributed by atoms with van der Waals surface area (Å²) in [6, 6.07) is 7.26. The number of aliphatic hydroxyl groups excluding tert-OH is 1. The van der Waals surface area contributed by atoms with Crippen LogP contribution in [0, 0.1) is 24.7 Å². The number of carbonyl (C=O) groups is 4. The Morgan fingerprint density at radius 1 is 1.27 bits per heavy atom. The van der Waals surface area contributed by atoms with E-state index in [1.54, 1.807) is 12.1 Å². The van der Waals surface area contributed by atoms with Crippen molar-refractivity contribution in [3.63, 3.8) is 0 Å². The summed E-state index contributed by atoms with van der Waals surface area (Å²) >= 11 is 0. The second-order valence-electron chi connectivity index (χ2n) is 5.99. The molecule has 0 aromatic heterocycles. The maximum Gasteiger partial charge on any atom is 0.306 e. The van der Waals surface area contributed by atoms with Gasteiger partial charge in [0.1, 0.15) is 6.10 Å². The summed E-state index contributed by atoms with van der Waals surface area (Å²) in [6.45, 7) is 0.306. The number of ether oxygens (including phenoxy) is 1. The van der Waals surface area contributed by atoms with Gasteiger partial charge < -0.3 is 15.2 Å². The highest BCUT2D eigenvalue weighted by Gasteiger charge is 2.27. The van der Waals surface area contributed by atoms with E-state index < -0.39 is 17.9 Å². The Morgan fingerprint density at radius 2 is 1.97 bits per heavy atom. The Balaban J connectivity index is 0.000000467. The number of allylic oxidation sites excluding steroid dienone is 1. The lowest BCUT2D eigenvalue weighted by atomic mass is 10.1. The molecule has 2 rings (SSSR count). The molecule has 1 atom stereocenters. The zero-order valence-electron chi connectivity index (χ0n) is 16.2. The van der Waals surface area contributed by atoms with Crippen molar-refractivity contribution in [2.75, 3.05) is 11.9 Å². The number of hydrogen-bond acceptors (Lipinski definition) is 6. The zero-order valence-corrected chi connectivity index (χ0v) is 16.2. The molecule has 0 spiro atoms. The summed E-state index contributed by atoms with van der Waals surface area (Å²) in [5.41, 5.74) is 1.67. The van der Waals surface area contributed by atoms with E-state index in [1.165, 1.54) is 12.2 Å². The van der Waals surface area contributed by atoms with Crippen LogP contribution in [0.4, 0.5) is 5.69 Å². The zero-order chi connectivity index (χ0) is 22.4. The predicted molar refractivity (Wildman–Crippen MR) is 110 cm³/mol. The monoisotopic (exact) mass is 410 g/mol. The third-order valence-electron chi connectivity index (χ3n) is 3.62. The number of imide groups is 1. The fraction of sp³-hybridized carbons (Fsp3) is 0.273. The number of hydrogen-bond donors (Lipinski definition) is 3. The summed E-state index contributed by atoms with van der Waals surface area (Å²) < 4.78 is 5.05. The van der Waals surface area contributed by atoms with E-state index >= 15 is 0 Å². The number of esters is 1. The van der Waals surface area contributed by atoms with Crippen LogP contribution >= 0.6 is 0 Å². The van der Waals surface area contributed by atoms with E-state index in [1.807, 2.05) is 17.4 Å². The number of nitrogens with one attached hydrogen (secondary N) is 2. The number of amides is 3. The summed E-state index contributed by atoms with van der Waals surface area (Å²) in [6.07, 6.45) is 12.7. The first-order valence-corrected chi connectivity index (χ1v) is 8.99. The molecule has 1 aromatic rings. The Hall–Kier alpha value is -3.88. The number of terminal acetylenes is 2. The quantitative estimate of drug-likeness (QED) is 0.263. The average Bonchev–Trinajstić information content (AvgIpc) is 3.01. The number of carbonyl (C=O) groups excluding carboxylic acids is 4. The van der Waals surface area contributed by atoms with Crippen LogP contribution in [-0.2, 0) is 30.3 Å². The molecule has 0 aliphatic carbocycles. The molecule has 30 heavy (non-hydrogen) atoms. The molecule has 0 radical (unpaired) electrons. The van der Waals surface area contributed by atoms with Crippen molar-refractivity contribution in [1.82, 2.24) is 5.32 Å². The van der Waals surface area contributed by atoms with Gasteiger partial charge in [-0.1, -0.05) is 18.1 Å². The Morgan fingerprint density at radius 3 is 2.47 bits per heavy atom. The van der Waals surface area contributed by atoms with Gasteiger partial charge in [-0.05, 0) is 23.8 Å². The van der Waals surface area contributed by atoms with Crippen molar-refractivity contribution < 1.29 is 29.0 Å². The van der Waals surface area contributed by atoms with Crippen molar-refractivity contribution in [2.24, 2.45) is 0 Å². The van der Waals surface area contributed by atoms with E-state index in [2.05, 4.69) is 17.2 Å². The van der Waals surface area contributed by atoms with Crippen LogP contribution in [0.3, 0.4) is 0 Å². The van der Waals surface area contributed by atoms with Gasteiger partial charge in [0.15, 0.2) is 0 Å². The smallest absolute Gasteiger partial charge is 0.306 e. The average molecular weight is 410 g/mol. The first-order chi connectivity index (χ1) is 14.3. The fourth-order valence-electron chi connectivity index (χ4n) is 2.13. The van der Waals surface area contributed by atoms with E-state index in [0.717, 1.165) is 5.56 Å². The van der Waals surface area contributed by atoms with E-state index in [0.29, 0.717) is 25.1 Å². The summed E-state index contributed by atoms with van der Waals surface area (Å²) in [7, 11) is 0. The van der Waals surface area contributed by atoms with Gasteiger partial charge >= 0.3 is 5.97 Å². The Bertz CT molecular complexity index is 874. The molecule has 1 aliphatic rings. The largest absolute Gasteiger partial charge is 0.465 e. The number of benzene rings is 1. The molecular formula is C22H22N2O6. The van der Waals surface area contributed by atoms with E-state index in [4.69, 9.17) is 22.7 Å². The van der Waals surface area contributed by atoms with Crippen molar-refractivity contribution in [2.45, 2.75) is 31.8 Å². The minimum Gasteiger partial charge on any atom is -0.465 e. The van der Waals surface area contributed by atoms with Crippen LogP contribution in [0.25, 0.3) is 0 Å². The van der Waals surface area contributed by atoms with Gasteiger partial charge in [0.05, 0.1) is 19.4 Å². The normalized spacial score (nSPS) is 14.7. The van der Waals surface area contributed by atoms with Crippen molar-refractivity contribution in [3.05, 3.63) is 42.0 Å². The standard InChI is InChI=1S/C18H17NO3.C4H5NO3/c1-3-5-7-17(20)19-16-11-9-15(10-12-16)13-14-22-18(21)8-6-4-2;6-2-1-3(7)5-4(2)8/h1-2,5,7,9-12H,6,8,13-14H2,(H,19,20);2,6H,1H2,(H,5,7,8). The molecule has 1 unspecified atom stereocenters. The van der Waals surface area contributed by atoms with Gasteiger partial charge in [-0.3, -0.25) is 24.5 Å². The molecule has 156 valence electrons. The lowest BCUT2D eigenvalue weighted by Crippen LogP contribution is -2.24. The Labute approximate surface area is 174 Å². The second kappa shape index (κ2) is 13.3. The molecule has 1 aliphatic heterocycles. The highest BCUT2D eigenvalue weighted by atomic mass is 16.5. The van der Waals surface area contributed by atoms with Crippen molar-refractivity contribution in [3.8, 4) is 24.7 Å². The molecule has 3 N–H and O–H groups in total. The van der Waals surface area contributed by atoms with Gasteiger partial charge in [0, 0.05) is 24.6 Å². The topological polar surface area (TPSA) is 122 Å². The van der Waals surface area contributed by atoms with Crippen molar-refractivity contribution >= 4 is 29.4 Å². The number of rotatable bonds is 7. The lowest BCUT2D eigenvalue weighted by molar-refractivity contribution is -0.143. The van der Waals surface area contributed by atoms with E-state index in [9.17, 15) is 19.2 Å². The number of anilines is 1. The van der Waals surface area contributed by atoms with Crippen LogP contribution in [-0.4, -0.2) is 41.5 Å². The van der Waals surface area contributed by atoms with Crippen LogP contribution in [0.15, 0.2) is 36.4 Å². The highest BCUT2D eigenvalue weighted by Crippen LogP contribution is 2.10. The molecule has 0 bridgehead atoms. The van der Waals surface area contributed by atoms with Gasteiger partial charge in [0.2, 0.25) is 11.8 Å². The molecule has 0 saturated carbocycles. The molecule has 8 heteroatoms. The maximum absolute atomic E-state index is 11.4. The Kier molecular flexibility index (Phi) is 10.7. The van der Waals surface area contributed by atoms with Gasteiger partial charge in [-0.2, -0.15) is 0 Å².